The average Bonchev–Trinajstić information content (AvgIpc) is 2.89. The van der Waals surface area contributed by atoms with E-state index in [0.717, 1.165) is 11.3 Å². The quantitative estimate of drug-likeness (QED) is 0.759. The Balaban J connectivity index is 1.76. The fraction of sp³-hybridized carbons (Fsp3) is 0.312. The van der Waals surface area contributed by atoms with Gasteiger partial charge < -0.3 is 20.1 Å². The van der Waals surface area contributed by atoms with Crippen LogP contribution in [0, 0.1) is 13.8 Å². The average molecular weight is 288 g/mol. The molecule has 0 saturated heterocycles. The van der Waals surface area contributed by atoms with Crippen molar-refractivity contribution in [3.63, 3.8) is 0 Å². The van der Waals surface area contributed by atoms with Gasteiger partial charge in [0, 0.05) is 18.4 Å². The molecule has 1 unspecified atom stereocenters. The maximum absolute atomic E-state index is 11.9. The molecule has 0 radical (unpaired) electrons. The highest BCUT2D eigenvalue weighted by Gasteiger charge is 2.12. The van der Waals surface area contributed by atoms with Crippen molar-refractivity contribution >= 4 is 5.91 Å². The summed E-state index contributed by atoms with van der Waals surface area (Å²) in [7, 11) is 0. The van der Waals surface area contributed by atoms with Crippen LogP contribution < -0.4 is 10.1 Å². The minimum atomic E-state index is -0.756. The van der Waals surface area contributed by atoms with Crippen LogP contribution in [0.2, 0.25) is 0 Å². The van der Waals surface area contributed by atoms with Gasteiger partial charge in [-0.25, -0.2) is 0 Å². The number of rotatable bonds is 6. The van der Waals surface area contributed by atoms with Gasteiger partial charge in [0.15, 0.2) is 0 Å². The van der Waals surface area contributed by atoms with Crippen molar-refractivity contribution < 1.29 is 14.6 Å². The van der Waals surface area contributed by atoms with Crippen LogP contribution in [-0.4, -0.2) is 35.3 Å². The van der Waals surface area contributed by atoms with Crippen LogP contribution in [0.5, 0.6) is 5.75 Å². The Kier molecular flexibility index (Phi) is 5.00. The second-order valence-electron chi connectivity index (χ2n) is 5.01. The number of carbonyl (C=O) groups excluding carboxylic acids is 1. The third-order valence-corrected chi connectivity index (χ3v) is 3.13. The van der Waals surface area contributed by atoms with Crippen molar-refractivity contribution in [2.45, 2.75) is 20.0 Å². The summed E-state index contributed by atoms with van der Waals surface area (Å²) in [6, 6.07) is 9.31. The van der Waals surface area contributed by atoms with Crippen LogP contribution in [0.4, 0.5) is 0 Å². The smallest absolute Gasteiger partial charge is 0.253 e. The zero-order valence-electron chi connectivity index (χ0n) is 12.2. The lowest BCUT2D eigenvalue weighted by Gasteiger charge is -2.13. The van der Waals surface area contributed by atoms with Crippen molar-refractivity contribution in [2.24, 2.45) is 0 Å². The van der Waals surface area contributed by atoms with Crippen LogP contribution in [-0.2, 0) is 0 Å². The van der Waals surface area contributed by atoms with Crippen LogP contribution in [0.3, 0.4) is 0 Å². The van der Waals surface area contributed by atoms with Crippen molar-refractivity contribution in [1.29, 1.82) is 0 Å². The SMILES string of the molecule is Cc1cccc(OCC(O)CNC(=O)c2cc[nH]c2C)c1. The van der Waals surface area contributed by atoms with Crippen molar-refractivity contribution in [3.8, 4) is 5.75 Å². The summed E-state index contributed by atoms with van der Waals surface area (Å²) in [4.78, 5) is 14.8. The van der Waals surface area contributed by atoms with E-state index in [0.29, 0.717) is 11.3 Å². The molecule has 0 aliphatic rings. The molecule has 1 amide bonds. The van der Waals surface area contributed by atoms with Gasteiger partial charge in [-0.3, -0.25) is 4.79 Å². The van der Waals surface area contributed by atoms with Gasteiger partial charge in [0.25, 0.3) is 5.91 Å². The van der Waals surface area contributed by atoms with Crippen LogP contribution in [0.25, 0.3) is 0 Å². The molecule has 5 heteroatoms. The lowest BCUT2D eigenvalue weighted by Crippen LogP contribution is -2.35. The Morgan fingerprint density at radius 2 is 2.19 bits per heavy atom. The highest BCUT2D eigenvalue weighted by Crippen LogP contribution is 2.12. The van der Waals surface area contributed by atoms with E-state index in [4.69, 9.17) is 4.74 Å². The summed E-state index contributed by atoms with van der Waals surface area (Å²) in [5.74, 6) is 0.505. The number of nitrogens with one attached hydrogen (secondary N) is 2. The third kappa shape index (κ3) is 4.36. The van der Waals surface area contributed by atoms with Crippen molar-refractivity contribution in [3.05, 3.63) is 53.3 Å². The van der Waals surface area contributed by atoms with Gasteiger partial charge in [-0.1, -0.05) is 12.1 Å². The maximum atomic E-state index is 11.9. The molecule has 0 spiro atoms. The molecule has 1 heterocycles. The second-order valence-corrected chi connectivity index (χ2v) is 5.01. The first-order valence-electron chi connectivity index (χ1n) is 6.86. The van der Waals surface area contributed by atoms with E-state index in [9.17, 15) is 9.90 Å². The first-order valence-corrected chi connectivity index (χ1v) is 6.86. The van der Waals surface area contributed by atoms with Gasteiger partial charge in [0.2, 0.25) is 0 Å². The van der Waals surface area contributed by atoms with Gasteiger partial charge in [-0.05, 0) is 37.6 Å². The monoisotopic (exact) mass is 288 g/mol. The van der Waals surface area contributed by atoms with E-state index in [1.54, 1.807) is 12.3 Å². The van der Waals surface area contributed by atoms with Gasteiger partial charge in [-0.2, -0.15) is 0 Å². The van der Waals surface area contributed by atoms with E-state index in [1.807, 2.05) is 38.1 Å². The van der Waals surface area contributed by atoms with E-state index >= 15 is 0 Å². The molecule has 112 valence electrons. The number of aromatic nitrogens is 1. The molecule has 0 bridgehead atoms. The predicted octanol–water partition coefficient (Wildman–Crippen LogP) is 1.80. The van der Waals surface area contributed by atoms with E-state index in [1.165, 1.54) is 0 Å². The highest BCUT2D eigenvalue weighted by atomic mass is 16.5. The first kappa shape index (κ1) is 15.1. The third-order valence-electron chi connectivity index (χ3n) is 3.13. The predicted molar refractivity (Wildman–Crippen MR) is 80.5 cm³/mol. The maximum Gasteiger partial charge on any atom is 0.253 e. The van der Waals surface area contributed by atoms with E-state index < -0.39 is 6.10 Å². The molecule has 0 aliphatic heterocycles. The molecule has 0 aliphatic carbocycles. The largest absolute Gasteiger partial charge is 0.491 e. The standard InChI is InChI=1S/C16H20N2O3/c1-11-4-3-5-14(8-11)21-10-13(19)9-18-16(20)15-6-7-17-12(15)2/h3-8,13,17,19H,9-10H2,1-2H3,(H,18,20). The summed E-state index contributed by atoms with van der Waals surface area (Å²) < 4.78 is 5.49. The summed E-state index contributed by atoms with van der Waals surface area (Å²) >= 11 is 0. The fourth-order valence-corrected chi connectivity index (χ4v) is 1.96. The summed E-state index contributed by atoms with van der Waals surface area (Å²) in [5, 5.41) is 12.5. The fourth-order valence-electron chi connectivity index (χ4n) is 1.96. The zero-order valence-corrected chi connectivity index (χ0v) is 12.2. The zero-order chi connectivity index (χ0) is 15.2. The lowest BCUT2D eigenvalue weighted by atomic mass is 10.2. The molecule has 21 heavy (non-hydrogen) atoms. The normalized spacial score (nSPS) is 12.0. The van der Waals surface area contributed by atoms with Gasteiger partial charge >= 0.3 is 0 Å². The molecule has 1 aromatic carbocycles. The van der Waals surface area contributed by atoms with Gasteiger partial charge in [-0.15, -0.1) is 0 Å². The molecular formula is C16H20N2O3. The molecule has 1 atom stereocenters. The number of carbonyl (C=O) groups is 1. The number of hydrogen-bond acceptors (Lipinski definition) is 3. The number of aliphatic hydroxyl groups is 1. The van der Waals surface area contributed by atoms with Crippen molar-refractivity contribution in [2.75, 3.05) is 13.2 Å². The molecule has 0 saturated carbocycles. The summed E-state index contributed by atoms with van der Waals surface area (Å²) in [6.45, 7) is 4.08. The number of ether oxygens (including phenoxy) is 1. The van der Waals surface area contributed by atoms with Gasteiger partial charge in [0.05, 0.1) is 5.56 Å². The molecule has 0 fully saturated rings. The Hall–Kier alpha value is -2.27. The number of benzene rings is 1. The molecule has 2 rings (SSSR count). The van der Waals surface area contributed by atoms with Crippen LogP contribution in [0.1, 0.15) is 21.6 Å². The Labute approximate surface area is 124 Å². The molecular weight excluding hydrogens is 268 g/mol. The number of aryl methyl sites for hydroxylation is 2. The number of aliphatic hydroxyl groups excluding tert-OH is 1. The number of amides is 1. The Morgan fingerprint density at radius 1 is 1.38 bits per heavy atom. The topological polar surface area (TPSA) is 74.3 Å². The lowest BCUT2D eigenvalue weighted by molar-refractivity contribution is 0.0843. The summed E-state index contributed by atoms with van der Waals surface area (Å²) in [5.41, 5.74) is 2.48. The number of aromatic amines is 1. The highest BCUT2D eigenvalue weighted by molar-refractivity contribution is 5.95. The molecule has 1 aromatic heterocycles. The Morgan fingerprint density at radius 3 is 2.86 bits per heavy atom. The minimum Gasteiger partial charge on any atom is -0.491 e. The molecule has 2 aromatic rings. The van der Waals surface area contributed by atoms with Crippen molar-refractivity contribution in [1.82, 2.24) is 10.3 Å². The molecule has 5 nitrogen and oxygen atoms in total. The number of hydrogen-bond donors (Lipinski definition) is 3. The minimum absolute atomic E-state index is 0.135. The second kappa shape index (κ2) is 6.95. The van der Waals surface area contributed by atoms with E-state index in [2.05, 4.69) is 10.3 Å². The Bertz CT molecular complexity index is 607. The van der Waals surface area contributed by atoms with Gasteiger partial charge in [0.1, 0.15) is 18.5 Å². The van der Waals surface area contributed by atoms with Crippen LogP contribution >= 0.6 is 0 Å². The molecule has 3 N–H and O–H groups in total. The number of H-pyrrole nitrogens is 1. The summed E-state index contributed by atoms with van der Waals surface area (Å²) in [6.07, 6.45) is 0.954. The first-order chi connectivity index (χ1) is 10.1. The van der Waals surface area contributed by atoms with E-state index in [-0.39, 0.29) is 19.1 Å². The van der Waals surface area contributed by atoms with Crippen LogP contribution in [0.15, 0.2) is 36.5 Å².